The molecule has 3 aromatic rings. The maximum atomic E-state index is 11.6. The number of ether oxygens (including phenoxy) is 2. The van der Waals surface area contributed by atoms with Crippen molar-refractivity contribution in [1.82, 2.24) is 0 Å². The Bertz CT molecular complexity index is 1230. The highest BCUT2D eigenvalue weighted by molar-refractivity contribution is 5.95. The molecular weight excluding hydrogens is 468 g/mol. The standard InChI is InChI=1S/C23H14O12/c24-19(25)10-1-11(20(26)27)4-15(3-10)34-17-7-14(23(32)33)8-18(9-17)35-16-5-12(21(28)29)2-13(6-16)22(30)31/h1-9H,(H,24,25)(H,26,27)(H,28,29)(H,30,31)(H,32,33). The molecule has 35 heavy (non-hydrogen) atoms. The van der Waals surface area contributed by atoms with Crippen LogP contribution in [0.3, 0.4) is 0 Å². The van der Waals surface area contributed by atoms with Gasteiger partial charge in [-0.2, -0.15) is 0 Å². The Hall–Kier alpha value is -5.39. The molecule has 0 fully saturated rings. The minimum absolute atomic E-state index is 0.188. The molecular formula is C23H14O12. The zero-order valence-electron chi connectivity index (χ0n) is 17.3. The van der Waals surface area contributed by atoms with E-state index in [0.29, 0.717) is 0 Å². The Morgan fingerprint density at radius 2 is 0.571 bits per heavy atom. The molecule has 5 N–H and O–H groups in total. The van der Waals surface area contributed by atoms with Crippen LogP contribution in [0.4, 0.5) is 0 Å². The van der Waals surface area contributed by atoms with Crippen molar-refractivity contribution in [3.8, 4) is 23.0 Å². The van der Waals surface area contributed by atoms with E-state index in [9.17, 15) is 49.5 Å². The lowest BCUT2D eigenvalue weighted by Gasteiger charge is -2.12. The lowest BCUT2D eigenvalue weighted by atomic mass is 10.1. The largest absolute Gasteiger partial charge is 0.478 e. The summed E-state index contributed by atoms with van der Waals surface area (Å²) >= 11 is 0. The number of hydrogen-bond donors (Lipinski definition) is 5. The third-order valence-corrected chi connectivity index (χ3v) is 4.40. The van der Waals surface area contributed by atoms with E-state index in [0.717, 1.165) is 54.6 Å². The first kappa shape index (κ1) is 24.3. The number of carboxylic acids is 5. The van der Waals surface area contributed by atoms with Gasteiger partial charge in [-0.25, -0.2) is 24.0 Å². The molecule has 0 amide bonds. The van der Waals surface area contributed by atoms with Crippen molar-refractivity contribution in [2.24, 2.45) is 0 Å². The monoisotopic (exact) mass is 482 g/mol. The molecule has 0 atom stereocenters. The van der Waals surface area contributed by atoms with Crippen molar-refractivity contribution in [3.05, 3.63) is 82.4 Å². The summed E-state index contributed by atoms with van der Waals surface area (Å²) in [6.45, 7) is 0. The quantitative estimate of drug-likeness (QED) is 0.296. The molecule has 12 heteroatoms. The van der Waals surface area contributed by atoms with Gasteiger partial charge < -0.3 is 35.0 Å². The average Bonchev–Trinajstić information content (AvgIpc) is 2.78. The summed E-state index contributed by atoms with van der Waals surface area (Å²) in [6.07, 6.45) is 0. The maximum Gasteiger partial charge on any atom is 0.335 e. The van der Waals surface area contributed by atoms with Crippen LogP contribution in [0.2, 0.25) is 0 Å². The van der Waals surface area contributed by atoms with E-state index in [1.165, 1.54) is 0 Å². The topological polar surface area (TPSA) is 205 Å². The molecule has 0 saturated carbocycles. The number of hydrogen-bond acceptors (Lipinski definition) is 7. The van der Waals surface area contributed by atoms with Gasteiger partial charge in [-0.05, 0) is 48.5 Å². The first-order valence-electron chi connectivity index (χ1n) is 9.40. The molecule has 3 rings (SSSR count). The number of carbonyl (C=O) groups is 5. The van der Waals surface area contributed by atoms with Gasteiger partial charge in [0.2, 0.25) is 0 Å². The smallest absolute Gasteiger partial charge is 0.335 e. The second-order valence-electron chi connectivity index (χ2n) is 6.92. The molecule has 0 spiro atoms. The molecule has 3 aromatic carbocycles. The van der Waals surface area contributed by atoms with Gasteiger partial charge in [0.25, 0.3) is 0 Å². The van der Waals surface area contributed by atoms with Crippen LogP contribution in [-0.2, 0) is 0 Å². The molecule has 0 aliphatic rings. The van der Waals surface area contributed by atoms with Crippen molar-refractivity contribution in [2.75, 3.05) is 0 Å². The van der Waals surface area contributed by atoms with Crippen LogP contribution in [0.1, 0.15) is 51.8 Å². The van der Waals surface area contributed by atoms with E-state index in [1.54, 1.807) is 0 Å². The van der Waals surface area contributed by atoms with Crippen LogP contribution < -0.4 is 9.47 Å². The molecule has 0 aliphatic carbocycles. The summed E-state index contributed by atoms with van der Waals surface area (Å²) in [5.41, 5.74) is -1.91. The summed E-state index contributed by atoms with van der Waals surface area (Å²) < 4.78 is 11.0. The summed E-state index contributed by atoms with van der Waals surface area (Å²) in [5.74, 6) is -7.92. The fourth-order valence-corrected chi connectivity index (χ4v) is 2.90. The minimum Gasteiger partial charge on any atom is -0.478 e. The highest BCUT2D eigenvalue weighted by Gasteiger charge is 2.16. The van der Waals surface area contributed by atoms with Crippen molar-refractivity contribution in [2.45, 2.75) is 0 Å². The molecule has 178 valence electrons. The molecule has 0 heterocycles. The maximum absolute atomic E-state index is 11.6. The number of aromatic carboxylic acids is 5. The predicted molar refractivity (Wildman–Crippen MR) is 114 cm³/mol. The highest BCUT2D eigenvalue weighted by atomic mass is 16.5. The number of rotatable bonds is 9. The fourth-order valence-electron chi connectivity index (χ4n) is 2.90. The van der Waals surface area contributed by atoms with Crippen LogP contribution in [-0.4, -0.2) is 55.4 Å². The zero-order chi connectivity index (χ0) is 25.9. The van der Waals surface area contributed by atoms with Crippen LogP contribution in [0.15, 0.2) is 54.6 Å². The highest BCUT2D eigenvalue weighted by Crippen LogP contribution is 2.32. The van der Waals surface area contributed by atoms with Gasteiger partial charge in [0.05, 0.1) is 27.8 Å². The van der Waals surface area contributed by atoms with Gasteiger partial charge in [0, 0.05) is 6.07 Å². The average molecular weight is 482 g/mol. The van der Waals surface area contributed by atoms with Gasteiger partial charge in [0.15, 0.2) is 0 Å². The Morgan fingerprint density at radius 3 is 0.800 bits per heavy atom. The first-order chi connectivity index (χ1) is 16.4. The molecule has 0 unspecified atom stereocenters. The van der Waals surface area contributed by atoms with E-state index in [2.05, 4.69) is 0 Å². The lowest BCUT2D eigenvalue weighted by Crippen LogP contribution is -2.04. The zero-order valence-corrected chi connectivity index (χ0v) is 17.3. The van der Waals surface area contributed by atoms with E-state index in [1.807, 2.05) is 0 Å². The predicted octanol–water partition coefficient (Wildman–Crippen LogP) is 3.76. The molecule has 0 radical (unpaired) electrons. The Morgan fingerprint density at radius 1 is 0.371 bits per heavy atom. The van der Waals surface area contributed by atoms with E-state index in [4.69, 9.17) is 9.47 Å². The molecule has 0 saturated heterocycles. The second-order valence-corrected chi connectivity index (χ2v) is 6.92. The Balaban J connectivity index is 2.04. The van der Waals surface area contributed by atoms with Gasteiger partial charge in [-0.1, -0.05) is 0 Å². The molecule has 0 aromatic heterocycles. The van der Waals surface area contributed by atoms with Gasteiger partial charge in [-0.15, -0.1) is 0 Å². The molecule has 12 nitrogen and oxygen atoms in total. The van der Waals surface area contributed by atoms with Crippen molar-refractivity contribution in [1.29, 1.82) is 0 Å². The van der Waals surface area contributed by atoms with Crippen LogP contribution in [0, 0.1) is 0 Å². The van der Waals surface area contributed by atoms with Gasteiger partial charge in [-0.3, -0.25) is 0 Å². The normalized spacial score (nSPS) is 10.3. The lowest BCUT2D eigenvalue weighted by molar-refractivity contribution is 0.0676. The Kier molecular flexibility index (Phi) is 6.67. The van der Waals surface area contributed by atoms with Crippen molar-refractivity contribution < 1.29 is 59.0 Å². The van der Waals surface area contributed by atoms with Gasteiger partial charge >= 0.3 is 29.8 Å². The second kappa shape index (κ2) is 9.62. The Labute approximate surface area is 194 Å². The summed E-state index contributed by atoms with van der Waals surface area (Å²) in [7, 11) is 0. The van der Waals surface area contributed by atoms with Crippen LogP contribution in [0.5, 0.6) is 23.0 Å². The van der Waals surface area contributed by atoms with Crippen molar-refractivity contribution in [3.63, 3.8) is 0 Å². The number of benzene rings is 3. The van der Waals surface area contributed by atoms with Crippen LogP contribution >= 0.6 is 0 Å². The SMILES string of the molecule is O=C(O)c1cc(Oc2cc(C(=O)O)cc(C(=O)O)c2)cc(Oc2cc(C(=O)O)cc(C(=O)O)c2)c1. The van der Waals surface area contributed by atoms with Crippen molar-refractivity contribution >= 4 is 29.8 Å². The summed E-state index contributed by atoms with van der Waals surface area (Å²) in [4.78, 5) is 56.8. The third-order valence-electron chi connectivity index (χ3n) is 4.40. The number of carboxylic acid groups (broad SMARTS) is 5. The van der Waals surface area contributed by atoms with Gasteiger partial charge in [0.1, 0.15) is 23.0 Å². The fraction of sp³-hybridized carbons (Fsp3) is 0. The van der Waals surface area contributed by atoms with E-state index >= 15 is 0 Å². The molecule has 0 bridgehead atoms. The van der Waals surface area contributed by atoms with E-state index in [-0.39, 0.29) is 28.6 Å². The third kappa shape index (κ3) is 5.90. The first-order valence-corrected chi connectivity index (χ1v) is 9.40. The summed E-state index contributed by atoms with van der Waals surface area (Å²) in [6, 6.07) is 9.20. The van der Waals surface area contributed by atoms with E-state index < -0.39 is 52.1 Å². The van der Waals surface area contributed by atoms with Crippen LogP contribution in [0.25, 0.3) is 0 Å². The molecule has 0 aliphatic heterocycles. The minimum atomic E-state index is -1.42. The summed E-state index contributed by atoms with van der Waals surface area (Å²) in [5, 5.41) is 46.2.